The van der Waals surface area contributed by atoms with Crippen molar-refractivity contribution < 1.29 is 4.79 Å². The third kappa shape index (κ3) is 6.23. The molecule has 0 bridgehead atoms. The largest absolute Gasteiger partial charge is 0.326 e. The average Bonchev–Trinajstić information content (AvgIpc) is 2.87. The zero-order valence-corrected chi connectivity index (χ0v) is 21.2. The van der Waals surface area contributed by atoms with Gasteiger partial charge in [-0.3, -0.25) is 4.79 Å². The number of anilines is 1. The van der Waals surface area contributed by atoms with Gasteiger partial charge in [-0.05, 0) is 36.8 Å². The first kappa shape index (κ1) is 24.8. The summed E-state index contributed by atoms with van der Waals surface area (Å²) >= 11 is 13.4. The molecule has 0 saturated carbocycles. The Hall–Kier alpha value is -3.30. The van der Waals surface area contributed by atoms with Crippen molar-refractivity contribution in [3.05, 3.63) is 100 Å². The number of benzene rings is 3. The molecular formula is C28H21Cl2N3OS. The van der Waals surface area contributed by atoms with Crippen molar-refractivity contribution in [3.8, 4) is 28.5 Å². The summed E-state index contributed by atoms with van der Waals surface area (Å²) in [5.74, 6) is 0.299. The number of nitriles is 1. The molecule has 0 spiro atoms. The van der Waals surface area contributed by atoms with Crippen LogP contribution in [0.4, 0.5) is 5.69 Å². The fourth-order valence-corrected chi connectivity index (χ4v) is 4.73. The third-order valence-electron chi connectivity index (χ3n) is 5.30. The molecule has 4 aromatic rings. The van der Waals surface area contributed by atoms with E-state index in [0.29, 0.717) is 32.1 Å². The smallest absolute Gasteiger partial charge is 0.225 e. The van der Waals surface area contributed by atoms with Gasteiger partial charge in [-0.15, -0.1) is 11.8 Å². The van der Waals surface area contributed by atoms with E-state index >= 15 is 0 Å². The maximum Gasteiger partial charge on any atom is 0.225 e. The maximum atomic E-state index is 12.5. The Kier molecular flexibility index (Phi) is 8.09. The van der Waals surface area contributed by atoms with Gasteiger partial charge in [0.2, 0.25) is 5.91 Å². The number of pyridine rings is 1. The number of halogens is 2. The predicted molar refractivity (Wildman–Crippen MR) is 145 cm³/mol. The second-order valence-electron chi connectivity index (χ2n) is 7.85. The van der Waals surface area contributed by atoms with E-state index in [4.69, 9.17) is 28.2 Å². The van der Waals surface area contributed by atoms with Crippen LogP contribution in [0.1, 0.15) is 17.5 Å². The van der Waals surface area contributed by atoms with Gasteiger partial charge in [0.05, 0.1) is 21.3 Å². The van der Waals surface area contributed by atoms with Crippen LogP contribution in [0.5, 0.6) is 0 Å². The summed E-state index contributed by atoms with van der Waals surface area (Å²) in [5.41, 5.74) is 5.75. The highest BCUT2D eigenvalue weighted by Gasteiger charge is 2.16. The van der Waals surface area contributed by atoms with Crippen molar-refractivity contribution in [2.24, 2.45) is 0 Å². The molecule has 0 atom stereocenters. The van der Waals surface area contributed by atoms with Crippen molar-refractivity contribution in [1.82, 2.24) is 4.98 Å². The molecule has 0 unspecified atom stereocenters. The van der Waals surface area contributed by atoms with E-state index in [1.54, 1.807) is 18.2 Å². The second kappa shape index (κ2) is 11.4. The van der Waals surface area contributed by atoms with Gasteiger partial charge in [-0.2, -0.15) is 5.26 Å². The quantitative estimate of drug-likeness (QED) is 0.252. The summed E-state index contributed by atoms with van der Waals surface area (Å²) in [6.45, 7) is 2.03. The molecule has 1 N–H and O–H groups in total. The Morgan fingerprint density at radius 1 is 0.971 bits per heavy atom. The van der Waals surface area contributed by atoms with E-state index in [9.17, 15) is 10.1 Å². The lowest BCUT2D eigenvalue weighted by molar-refractivity contribution is -0.115. The molecule has 0 saturated heterocycles. The van der Waals surface area contributed by atoms with Gasteiger partial charge < -0.3 is 5.32 Å². The Labute approximate surface area is 218 Å². The molecule has 4 rings (SSSR count). The molecule has 1 amide bonds. The van der Waals surface area contributed by atoms with E-state index in [1.165, 1.54) is 11.8 Å². The Morgan fingerprint density at radius 2 is 1.71 bits per heavy atom. The van der Waals surface area contributed by atoms with Gasteiger partial charge in [0, 0.05) is 29.0 Å². The minimum Gasteiger partial charge on any atom is -0.326 e. The van der Waals surface area contributed by atoms with E-state index in [1.807, 2.05) is 67.6 Å². The predicted octanol–water partition coefficient (Wildman–Crippen LogP) is 8.02. The summed E-state index contributed by atoms with van der Waals surface area (Å²) in [6, 6.07) is 27.2. The van der Waals surface area contributed by atoms with Crippen LogP contribution in [0.25, 0.3) is 22.4 Å². The van der Waals surface area contributed by atoms with Crippen LogP contribution in [0.2, 0.25) is 10.0 Å². The third-order valence-corrected chi connectivity index (χ3v) is 7.02. The summed E-state index contributed by atoms with van der Waals surface area (Å²) in [7, 11) is 0. The van der Waals surface area contributed by atoms with Gasteiger partial charge in [0.25, 0.3) is 0 Å². The second-order valence-corrected chi connectivity index (χ2v) is 9.75. The first-order valence-electron chi connectivity index (χ1n) is 10.9. The first-order chi connectivity index (χ1) is 16.9. The molecule has 7 heteroatoms. The van der Waals surface area contributed by atoms with Crippen LogP contribution in [0, 0.1) is 18.3 Å². The van der Waals surface area contributed by atoms with Gasteiger partial charge in [-0.25, -0.2) is 4.98 Å². The van der Waals surface area contributed by atoms with Crippen LogP contribution in [0.15, 0.2) is 83.9 Å². The van der Waals surface area contributed by atoms with Gasteiger partial charge in [0.1, 0.15) is 11.1 Å². The highest BCUT2D eigenvalue weighted by atomic mass is 35.5. The molecule has 174 valence electrons. The molecule has 0 aliphatic rings. The monoisotopic (exact) mass is 517 g/mol. The van der Waals surface area contributed by atoms with Crippen molar-refractivity contribution in [3.63, 3.8) is 0 Å². The molecule has 0 radical (unpaired) electrons. The molecule has 1 heterocycles. The van der Waals surface area contributed by atoms with Gasteiger partial charge in [0.15, 0.2) is 0 Å². The molecule has 3 aromatic carbocycles. The minimum absolute atomic E-state index is 0.160. The van der Waals surface area contributed by atoms with Crippen LogP contribution in [0.3, 0.4) is 0 Å². The maximum absolute atomic E-state index is 12.5. The Balaban J connectivity index is 1.58. The number of aryl methyl sites for hydroxylation is 1. The fourth-order valence-electron chi connectivity index (χ4n) is 3.49. The van der Waals surface area contributed by atoms with E-state index < -0.39 is 0 Å². The molecule has 1 aromatic heterocycles. The normalized spacial score (nSPS) is 10.6. The highest BCUT2D eigenvalue weighted by Crippen LogP contribution is 2.34. The van der Waals surface area contributed by atoms with Crippen molar-refractivity contribution >= 4 is 46.6 Å². The van der Waals surface area contributed by atoms with E-state index in [-0.39, 0.29) is 12.3 Å². The molecule has 0 aliphatic heterocycles. The standard InChI is InChI=1S/C28H21Cl2N3OS/c1-18-7-9-19(10-8-18)22-16-26(20-5-3-2-4-6-20)33-28(23(22)17-31)35-14-13-27(34)32-21-11-12-24(29)25(30)15-21/h2-12,15-16H,13-14H2,1H3,(H,32,34). The number of hydrogen-bond donors (Lipinski definition) is 1. The molecule has 0 fully saturated rings. The topological polar surface area (TPSA) is 65.8 Å². The number of nitrogens with one attached hydrogen (secondary N) is 1. The fraction of sp³-hybridized carbons (Fsp3) is 0.107. The molecule has 35 heavy (non-hydrogen) atoms. The number of carbonyl (C=O) groups is 1. The van der Waals surface area contributed by atoms with Crippen molar-refractivity contribution in [2.75, 3.05) is 11.1 Å². The zero-order valence-electron chi connectivity index (χ0n) is 18.9. The van der Waals surface area contributed by atoms with Gasteiger partial charge in [-0.1, -0.05) is 83.4 Å². The van der Waals surface area contributed by atoms with Crippen molar-refractivity contribution in [2.45, 2.75) is 18.4 Å². The minimum atomic E-state index is -0.160. The van der Waals surface area contributed by atoms with Crippen molar-refractivity contribution in [1.29, 1.82) is 5.26 Å². The highest BCUT2D eigenvalue weighted by molar-refractivity contribution is 7.99. The number of thioether (sulfide) groups is 1. The number of rotatable bonds is 7. The van der Waals surface area contributed by atoms with Crippen LogP contribution in [-0.2, 0) is 4.79 Å². The number of nitrogens with zero attached hydrogens (tertiary/aromatic N) is 2. The number of amides is 1. The molecule has 0 aliphatic carbocycles. The Bertz CT molecular complexity index is 1400. The summed E-state index contributed by atoms with van der Waals surface area (Å²) < 4.78 is 0. The van der Waals surface area contributed by atoms with Crippen LogP contribution < -0.4 is 5.32 Å². The lowest BCUT2D eigenvalue weighted by atomic mass is 9.98. The number of aromatic nitrogens is 1. The van der Waals surface area contributed by atoms with E-state index in [2.05, 4.69) is 11.4 Å². The lowest BCUT2D eigenvalue weighted by Gasteiger charge is -2.13. The molecule has 4 nitrogen and oxygen atoms in total. The zero-order chi connectivity index (χ0) is 24.8. The van der Waals surface area contributed by atoms with Crippen LogP contribution in [-0.4, -0.2) is 16.6 Å². The molecular weight excluding hydrogens is 497 g/mol. The summed E-state index contributed by atoms with van der Waals surface area (Å²) in [5, 5.41) is 14.3. The Morgan fingerprint density at radius 3 is 2.40 bits per heavy atom. The SMILES string of the molecule is Cc1ccc(-c2cc(-c3ccccc3)nc(SCCC(=O)Nc3ccc(Cl)c(Cl)c3)c2C#N)cc1. The lowest BCUT2D eigenvalue weighted by Crippen LogP contribution is -2.12. The van der Waals surface area contributed by atoms with Crippen LogP contribution >= 0.6 is 35.0 Å². The number of hydrogen-bond acceptors (Lipinski definition) is 4. The summed E-state index contributed by atoms with van der Waals surface area (Å²) in [6.07, 6.45) is 0.243. The number of carbonyl (C=O) groups excluding carboxylic acids is 1. The average molecular weight is 518 g/mol. The van der Waals surface area contributed by atoms with Gasteiger partial charge >= 0.3 is 0 Å². The summed E-state index contributed by atoms with van der Waals surface area (Å²) in [4.78, 5) is 17.3. The first-order valence-corrected chi connectivity index (χ1v) is 12.6. The van der Waals surface area contributed by atoms with E-state index in [0.717, 1.165) is 27.9 Å².